The minimum absolute atomic E-state index is 0.126. The summed E-state index contributed by atoms with van der Waals surface area (Å²) in [5.41, 5.74) is 0.780. The second-order valence-electron chi connectivity index (χ2n) is 5.39. The van der Waals surface area contributed by atoms with Gasteiger partial charge in [0.1, 0.15) is 11.6 Å². The average Bonchev–Trinajstić information content (AvgIpc) is 2.55. The summed E-state index contributed by atoms with van der Waals surface area (Å²) in [6, 6.07) is 11.1. The molecule has 1 saturated heterocycles. The van der Waals surface area contributed by atoms with Gasteiger partial charge >= 0.3 is 0 Å². The van der Waals surface area contributed by atoms with E-state index < -0.39 is 0 Å². The van der Waals surface area contributed by atoms with Gasteiger partial charge in [-0.15, -0.1) is 0 Å². The fraction of sp³-hybridized carbons (Fsp3) is 0.235. The zero-order valence-corrected chi connectivity index (χ0v) is 13.1. The van der Waals surface area contributed by atoms with Crippen molar-refractivity contribution in [1.29, 1.82) is 0 Å². The Kier molecular flexibility index (Phi) is 4.39. The van der Waals surface area contributed by atoms with Gasteiger partial charge in [0, 0.05) is 31.2 Å². The molecule has 1 heterocycles. The SMILES string of the molecule is O=C(c1ccc(Cl)cc1O)N1CCN(c2ccccc2F)CC1. The number of anilines is 1. The van der Waals surface area contributed by atoms with E-state index in [4.69, 9.17) is 11.6 Å². The highest BCUT2D eigenvalue weighted by Gasteiger charge is 2.25. The van der Waals surface area contributed by atoms with E-state index in [0.717, 1.165) is 0 Å². The van der Waals surface area contributed by atoms with E-state index in [-0.39, 0.29) is 23.0 Å². The highest BCUT2D eigenvalue weighted by Crippen LogP contribution is 2.25. The van der Waals surface area contributed by atoms with Gasteiger partial charge in [0.15, 0.2) is 0 Å². The molecule has 23 heavy (non-hydrogen) atoms. The number of para-hydroxylation sites is 1. The number of phenolic OH excluding ortho intramolecular Hbond substituents is 1. The lowest BCUT2D eigenvalue weighted by molar-refractivity contribution is 0.0743. The topological polar surface area (TPSA) is 43.8 Å². The molecule has 1 aliphatic heterocycles. The Morgan fingerprint density at radius 2 is 1.78 bits per heavy atom. The van der Waals surface area contributed by atoms with E-state index in [1.807, 2.05) is 4.90 Å². The summed E-state index contributed by atoms with van der Waals surface area (Å²) in [7, 11) is 0. The van der Waals surface area contributed by atoms with Crippen LogP contribution in [0.5, 0.6) is 5.75 Å². The monoisotopic (exact) mass is 334 g/mol. The number of hydrogen-bond acceptors (Lipinski definition) is 3. The third kappa shape index (κ3) is 3.24. The molecule has 1 aliphatic rings. The molecule has 0 unspecified atom stereocenters. The lowest BCUT2D eigenvalue weighted by Gasteiger charge is -2.36. The smallest absolute Gasteiger partial charge is 0.257 e. The van der Waals surface area contributed by atoms with Crippen LogP contribution in [0.15, 0.2) is 42.5 Å². The molecule has 0 atom stereocenters. The third-order valence-electron chi connectivity index (χ3n) is 3.95. The van der Waals surface area contributed by atoms with Gasteiger partial charge in [0.2, 0.25) is 0 Å². The van der Waals surface area contributed by atoms with Gasteiger partial charge in [0.25, 0.3) is 5.91 Å². The number of phenols is 1. The zero-order valence-electron chi connectivity index (χ0n) is 12.4. The highest BCUT2D eigenvalue weighted by molar-refractivity contribution is 6.30. The van der Waals surface area contributed by atoms with Crippen LogP contribution in [0, 0.1) is 5.82 Å². The molecule has 0 aromatic heterocycles. The molecule has 0 radical (unpaired) electrons. The summed E-state index contributed by atoms with van der Waals surface area (Å²) < 4.78 is 13.8. The molecule has 1 N–H and O–H groups in total. The summed E-state index contributed by atoms with van der Waals surface area (Å²) in [5.74, 6) is -0.631. The van der Waals surface area contributed by atoms with E-state index in [2.05, 4.69) is 0 Å². The first-order valence-electron chi connectivity index (χ1n) is 7.33. The number of piperazine rings is 1. The predicted molar refractivity (Wildman–Crippen MR) is 87.6 cm³/mol. The molecule has 0 bridgehead atoms. The molecule has 1 fully saturated rings. The number of aromatic hydroxyl groups is 1. The highest BCUT2D eigenvalue weighted by atomic mass is 35.5. The first-order chi connectivity index (χ1) is 11.1. The Labute approximate surface area is 138 Å². The molecule has 120 valence electrons. The van der Waals surface area contributed by atoms with Crippen LogP contribution in [0.2, 0.25) is 5.02 Å². The van der Waals surface area contributed by atoms with Crippen molar-refractivity contribution in [3.8, 4) is 5.75 Å². The van der Waals surface area contributed by atoms with Gasteiger partial charge in [0.05, 0.1) is 11.3 Å². The minimum Gasteiger partial charge on any atom is -0.507 e. The van der Waals surface area contributed by atoms with Crippen LogP contribution < -0.4 is 4.90 Å². The van der Waals surface area contributed by atoms with Crippen molar-refractivity contribution in [2.24, 2.45) is 0 Å². The Bertz CT molecular complexity index is 730. The quantitative estimate of drug-likeness (QED) is 0.917. The molecular weight excluding hydrogens is 319 g/mol. The Hall–Kier alpha value is -2.27. The number of rotatable bonds is 2. The van der Waals surface area contributed by atoms with Crippen molar-refractivity contribution < 1.29 is 14.3 Å². The summed E-state index contributed by atoms with van der Waals surface area (Å²) >= 11 is 5.78. The maximum Gasteiger partial charge on any atom is 0.257 e. The van der Waals surface area contributed by atoms with E-state index >= 15 is 0 Å². The van der Waals surface area contributed by atoms with E-state index in [0.29, 0.717) is 36.9 Å². The average molecular weight is 335 g/mol. The largest absolute Gasteiger partial charge is 0.507 e. The maximum absolute atomic E-state index is 13.8. The molecule has 0 saturated carbocycles. The molecule has 3 rings (SSSR count). The predicted octanol–water partition coefficient (Wildman–Crippen LogP) is 3.15. The van der Waals surface area contributed by atoms with E-state index in [1.165, 1.54) is 18.2 Å². The molecule has 2 aromatic carbocycles. The number of carbonyl (C=O) groups is 1. The van der Waals surface area contributed by atoms with Crippen LogP contribution in [-0.2, 0) is 0 Å². The molecule has 6 heteroatoms. The van der Waals surface area contributed by atoms with Gasteiger partial charge in [-0.3, -0.25) is 4.79 Å². The number of benzene rings is 2. The number of halogens is 2. The van der Waals surface area contributed by atoms with E-state index in [9.17, 15) is 14.3 Å². The van der Waals surface area contributed by atoms with Gasteiger partial charge in [-0.25, -0.2) is 4.39 Å². The molecule has 4 nitrogen and oxygen atoms in total. The van der Waals surface area contributed by atoms with Gasteiger partial charge in [-0.2, -0.15) is 0 Å². The lowest BCUT2D eigenvalue weighted by Crippen LogP contribution is -2.49. The summed E-state index contributed by atoms with van der Waals surface area (Å²) in [6.45, 7) is 2.02. The number of nitrogens with zero attached hydrogens (tertiary/aromatic N) is 2. The van der Waals surface area contributed by atoms with Crippen LogP contribution in [0.1, 0.15) is 10.4 Å². The summed E-state index contributed by atoms with van der Waals surface area (Å²) in [5, 5.41) is 10.2. The first-order valence-corrected chi connectivity index (χ1v) is 7.71. The van der Waals surface area contributed by atoms with E-state index in [1.54, 1.807) is 29.2 Å². The summed E-state index contributed by atoms with van der Waals surface area (Å²) in [4.78, 5) is 16.0. The number of carbonyl (C=O) groups excluding carboxylic acids is 1. The lowest BCUT2D eigenvalue weighted by atomic mass is 10.1. The first kappa shape index (κ1) is 15.6. The van der Waals surface area contributed by atoms with Crippen LogP contribution >= 0.6 is 11.6 Å². The van der Waals surface area contributed by atoms with Gasteiger partial charge < -0.3 is 14.9 Å². The van der Waals surface area contributed by atoms with Crippen molar-refractivity contribution in [3.05, 3.63) is 58.9 Å². The van der Waals surface area contributed by atoms with Crippen molar-refractivity contribution in [3.63, 3.8) is 0 Å². The Balaban J connectivity index is 1.69. The zero-order chi connectivity index (χ0) is 16.4. The fourth-order valence-corrected chi connectivity index (χ4v) is 2.88. The Morgan fingerprint density at radius 3 is 2.43 bits per heavy atom. The number of hydrogen-bond donors (Lipinski definition) is 1. The van der Waals surface area contributed by atoms with Crippen LogP contribution in [0.3, 0.4) is 0 Å². The van der Waals surface area contributed by atoms with Crippen LogP contribution in [0.4, 0.5) is 10.1 Å². The normalized spacial score (nSPS) is 14.9. The van der Waals surface area contributed by atoms with Crippen molar-refractivity contribution in [2.45, 2.75) is 0 Å². The molecule has 0 aliphatic carbocycles. The maximum atomic E-state index is 13.8. The minimum atomic E-state index is -0.261. The van der Waals surface area contributed by atoms with Crippen molar-refractivity contribution in [2.75, 3.05) is 31.1 Å². The van der Waals surface area contributed by atoms with Crippen molar-refractivity contribution in [1.82, 2.24) is 4.90 Å². The number of amides is 1. The fourth-order valence-electron chi connectivity index (χ4n) is 2.71. The molecular formula is C17H16ClFN2O2. The molecule has 0 spiro atoms. The Morgan fingerprint density at radius 1 is 1.09 bits per heavy atom. The van der Waals surface area contributed by atoms with Crippen molar-refractivity contribution >= 4 is 23.2 Å². The van der Waals surface area contributed by atoms with Crippen LogP contribution in [-0.4, -0.2) is 42.1 Å². The molecule has 2 aromatic rings. The van der Waals surface area contributed by atoms with Gasteiger partial charge in [-0.05, 0) is 30.3 Å². The second kappa shape index (κ2) is 6.46. The standard InChI is InChI=1S/C17H16ClFN2O2/c18-12-5-6-13(16(22)11-12)17(23)21-9-7-20(8-10-21)15-4-2-1-3-14(15)19/h1-6,11,22H,7-10H2. The summed E-state index contributed by atoms with van der Waals surface area (Å²) in [6.07, 6.45) is 0. The van der Waals surface area contributed by atoms with Gasteiger partial charge in [-0.1, -0.05) is 23.7 Å². The second-order valence-corrected chi connectivity index (χ2v) is 5.83. The molecule has 1 amide bonds. The third-order valence-corrected chi connectivity index (χ3v) is 4.19. The van der Waals surface area contributed by atoms with Crippen LogP contribution in [0.25, 0.3) is 0 Å².